The van der Waals surface area contributed by atoms with Crippen molar-refractivity contribution in [2.75, 3.05) is 24.2 Å². The van der Waals surface area contributed by atoms with Gasteiger partial charge in [-0.3, -0.25) is 4.79 Å². The first-order chi connectivity index (χ1) is 9.61. The monoisotopic (exact) mass is 278 g/mol. The van der Waals surface area contributed by atoms with Crippen molar-refractivity contribution in [2.24, 2.45) is 0 Å². The van der Waals surface area contributed by atoms with Gasteiger partial charge in [0.05, 0.1) is 6.61 Å². The largest absolute Gasteiger partial charge is 0.466 e. The van der Waals surface area contributed by atoms with Crippen LogP contribution in [0.15, 0.2) is 0 Å². The molecule has 1 aliphatic carbocycles. The molecule has 1 aromatic heterocycles. The van der Waals surface area contributed by atoms with Crippen LogP contribution in [-0.2, 0) is 9.53 Å². The van der Waals surface area contributed by atoms with Crippen molar-refractivity contribution in [3.63, 3.8) is 0 Å². The second-order valence-electron chi connectivity index (χ2n) is 5.05. The average Bonchev–Trinajstić information content (AvgIpc) is 3.23. The molecule has 0 spiro atoms. The SMILES string of the molecule is CCOC(=O)CCCNc1nc(C2CC2)nc(N)c1C. The van der Waals surface area contributed by atoms with Gasteiger partial charge in [0.2, 0.25) is 0 Å². The molecule has 1 aromatic rings. The third-order valence-electron chi connectivity index (χ3n) is 3.30. The number of nitrogens with two attached hydrogens (primary N) is 1. The van der Waals surface area contributed by atoms with Crippen molar-refractivity contribution < 1.29 is 9.53 Å². The van der Waals surface area contributed by atoms with Crippen LogP contribution in [0.2, 0.25) is 0 Å². The van der Waals surface area contributed by atoms with Gasteiger partial charge in [0.25, 0.3) is 0 Å². The lowest BCUT2D eigenvalue weighted by Gasteiger charge is -2.11. The maximum Gasteiger partial charge on any atom is 0.305 e. The first-order valence-electron chi connectivity index (χ1n) is 7.15. The van der Waals surface area contributed by atoms with Crippen LogP contribution >= 0.6 is 0 Å². The van der Waals surface area contributed by atoms with E-state index in [1.54, 1.807) is 0 Å². The summed E-state index contributed by atoms with van der Waals surface area (Å²) in [5.74, 6) is 2.46. The average molecular weight is 278 g/mol. The molecule has 0 amide bonds. The highest BCUT2D eigenvalue weighted by Gasteiger charge is 2.27. The lowest BCUT2D eigenvalue weighted by atomic mass is 10.2. The Bertz CT molecular complexity index is 486. The Kier molecular flexibility index (Phi) is 4.76. The number of hydrogen-bond acceptors (Lipinski definition) is 6. The Morgan fingerprint density at radius 1 is 1.45 bits per heavy atom. The van der Waals surface area contributed by atoms with Gasteiger partial charge in [0.1, 0.15) is 17.5 Å². The van der Waals surface area contributed by atoms with Gasteiger partial charge in [-0.05, 0) is 33.1 Å². The maximum absolute atomic E-state index is 11.2. The summed E-state index contributed by atoms with van der Waals surface area (Å²) < 4.78 is 4.88. The van der Waals surface area contributed by atoms with E-state index in [0.717, 1.165) is 30.0 Å². The maximum atomic E-state index is 11.2. The number of ether oxygens (including phenoxy) is 1. The van der Waals surface area contributed by atoms with E-state index < -0.39 is 0 Å². The van der Waals surface area contributed by atoms with Crippen molar-refractivity contribution in [3.8, 4) is 0 Å². The van der Waals surface area contributed by atoms with Gasteiger partial charge in [-0.2, -0.15) is 0 Å². The van der Waals surface area contributed by atoms with Crippen LogP contribution in [0.1, 0.15) is 49.9 Å². The van der Waals surface area contributed by atoms with Gasteiger partial charge in [-0.15, -0.1) is 0 Å². The number of anilines is 2. The molecule has 1 aliphatic rings. The minimum Gasteiger partial charge on any atom is -0.466 e. The molecule has 3 N–H and O–H groups in total. The number of hydrogen-bond donors (Lipinski definition) is 2. The van der Waals surface area contributed by atoms with Gasteiger partial charge in [-0.1, -0.05) is 0 Å². The van der Waals surface area contributed by atoms with Gasteiger partial charge < -0.3 is 15.8 Å². The summed E-state index contributed by atoms with van der Waals surface area (Å²) in [4.78, 5) is 20.1. The van der Waals surface area contributed by atoms with E-state index in [1.807, 2.05) is 13.8 Å². The molecule has 2 rings (SSSR count). The lowest BCUT2D eigenvalue weighted by Crippen LogP contribution is -2.12. The van der Waals surface area contributed by atoms with E-state index in [4.69, 9.17) is 10.5 Å². The number of nitrogens with one attached hydrogen (secondary N) is 1. The van der Waals surface area contributed by atoms with Crippen LogP contribution in [0.5, 0.6) is 0 Å². The molecular formula is C14H22N4O2. The van der Waals surface area contributed by atoms with Crippen molar-refractivity contribution in [1.82, 2.24) is 9.97 Å². The van der Waals surface area contributed by atoms with Crippen LogP contribution in [0.4, 0.5) is 11.6 Å². The quantitative estimate of drug-likeness (QED) is 0.585. The fraction of sp³-hybridized carbons (Fsp3) is 0.643. The molecule has 0 bridgehead atoms. The third-order valence-corrected chi connectivity index (χ3v) is 3.30. The summed E-state index contributed by atoms with van der Waals surface area (Å²) in [6.07, 6.45) is 3.41. The molecule has 0 aromatic carbocycles. The highest BCUT2D eigenvalue weighted by molar-refractivity contribution is 5.69. The van der Waals surface area contributed by atoms with E-state index in [2.05, 4.69) is 15.3 Å². The Balaban J connectivity index is 1.87. The third kappa shape index (κ3) is 3.82. The lowest BCUT2D eigenvalue weighted by molar-refractivity contribution is -0.143. The summed E-state index contributed by atoms with van der Waals surface area (Å²) in [6.45, 7) is 4.81. The molecule has 6 heteroatoms. The number of esters is 1. The van der Waals surface area contributed by atoms with Crippen molar-refractivity contribution in [2.45, 2.75) is 45.4 Å². The molecule has 0 aliphatic heterocycles. The zero-order valence-corrected chi connectivity index (χ0v) is 12.1. The highest BCUT2D eigenvalue weighted by atomic mass is 16.5. The van der Waals surface area contributed by atoms with Crippen LogP contribution in [0.25, 0.3) is 0 Å². The minimum atomic E-state index is -0.160. The second kappa shape index (κ2) is 6.54. The molecule has 0 radical (unpaired) electrons. The number of aromatic nitrogens is 2. The van der Waals surface area contributed by atoms with Crippen LogP contribution in [0.3, 0.4) is 0 Å². The first kappa shape index (κ1) is 14.6. The number of nitrogen functional groups attached to an aromatic ring is 1. The molecular weight excluding hydrogens is 256 g/mol. The van der Waals surface area contributed by atoms with Crippen LogP contribution < -0.4 is 11.1 Å². The fourth-order valence-corrected chi connectivity index (χ4v) is 1.92. The smallest absolute Gasteiger partial charge is 0.305 e. The number of rotatable bonds is 7. The number of nitrogens with zero attached hydrogens (tertiary/aromatic N) is 2. The Labute approximate surface area is 119 Å². The highest BCUT2D eigenvalue weighted by Crippen LogP contribution is 2.39. The van der Waals surface area contributed by atoms with Crippen LogP contribution in [0, 0.1) is 6.92 Å². The molecule has 0 saturated heterocycles. The number of carbonyl (C=O) groups excluding carboxylic acids is 1. The van der Waals surface area contributed by atoms with Crippen LogP contribution in [-0.4, -0.2) is 29.1 Å². The van der Waals surface area contributed by atoms with E-state index >= 15 is 0 Å². The molecule has 110 valence electrons. The molecule has 20 heavy (non-hydrogen) atoms. The molecule has 0 unspecified atom stereocenters. The Morgan fingerprint density at radius 2 is 2.20 bits per heavy atom. The van der Waals surface area contributed by atoms with E-state index in [-0.39, 0.29) is 5.97 Å². The van der Waals surface area contributed by atoms with Gasteiger partial charge in [0, 0.05) is 24.4 Å². The summed E-state index contributed by atoms with van der Waals surface area (Å²) in [7, 11) is 0. The topological polar surface area (TPSA) is 90.1 Å². The first-order valence-corrected chi connectivity index (χ1v) is 7.15. The zero-order chi connectivity index (χ0) is 14.5. The molecule has 1 saturated carbocycles. The summed E-state index contributed by atoms with van der Waals surface area (Å²) >= 11 is 0. The summed E-state index contributed by atoms with van der Waals surface area (Å²) in [6, 6.07) is 0. The normalized spacial score (nSPS) is 14.1. The standard InChI is InChI=1S/C14H22N4O2/c1-3-20-11(19)5-4-8-16-13-9(2)12(15)17-14(18-13)10-6-7-10/h10H,3-8H2,1-2H3,(H3,15,16,17,18). The fourth-order valence-electron chi connectivity index (χ4n) is 1.92. The predicted molar refractivity (Wildman–Crippen MR) is 77.5 cm³/mol. The van der Waals surface area contributed by atoms with Gasteiger partial charge in [0.15, 0.2) is 0 Å². The number of carbonyl (C=O) groups is 1. The molecule has 1 fully saturated rings. The van der Waals surface area contributed by atoms with Crippen molar-refractivity contribution >= 4 is 17.6 Å². The molecule has 1 heterocycles. The van der Waals surface area contributed by atoms with E-state index in [9.17, 15) is 4.79 Å². The van der Waals surface area contributed by atoms with Gasteiger partial charge >= 0.3 is 5.97 Å². The Morgan fingerprint density at radius 3 is 2.85 bits per heavy atom. The summed E-state index contributed by atoms with van der Waals surface area (Å²) in [5, 5.41) is 3.24. The summed E-state index contributed by atoms with van der Waals surface area (Å²) in [5.41, 5.74) is 6.78. The molecule has 0 atom stereocenters. The van der Waals surface area contributed by atoms with E-state index in [0.29, 0.717) is 37.7 Å². The van der Waals surface area contributed by atoms with Crippen molar-refractivity contribution in [3.05, 3.63) is 11.4 Å². The van der Waals surface area contributed by atoms with E-state index in [1.165, 1.54) is 0 Å². The van der Waals surface area contributed by atoms with Gasteiger partial charge in [-0.25, -0.2) is 9.97 Å². The Hall–Kier alpha value is -1.85. The minimum absolute atomic E-state index is 0.160. The molecule has 6 nitrogen and oxygen atoms in total. The second-order valence-corrected chi connectivity index (χ2v) is 5.05. The predicted octanol–water partition coefficient (Wildman–Crippen LogP) is 2.00. The van der Waals surface area contributed by atoms with Crippen molar-refractivity contribution in [1.29, 1.82) is 0 Å². The zero-order valence-electron chi connectivity index (χ0n) is 12.1.